The minimum absolute atomic E-state index is 0.283. The lowest BCUT2D eigenvalue weighted by atomic mass is 9.88. The minimum atomic E-state index is -0.993. The second-order valence-corrected chi connectivity index (χ2v) is 4.29. The van der Waals surface area contributed by atoms with Crippen LogP contribution in [0.4, 0.5) is 0 Å². The van der Waals surface area contributed by atoms with Crippen LogP contribution in [0.2, 0.25) is 0 Å². The van der Waals surface area contributed by atoms with Crippen molar-refractivity contribution < 1.29 is 4.79 Å². The summed E-state index contributed by atoms with van der Waals surface area (Å²) in [5, 5.41) is 20.5. The Labute approximate surface area is 107 Å². The first-order valence-electron chi connectivity index (χ1n) is 5.74. The molecule has 0 radical (unpaired) electrons. The van der Waals surface area contributed by atoms with Crippen molar-refractivity contribution in [3.63, 3.8) is 0 Å². The molecule has 1 N–H and O–H groups in total. The fourth-order valence-corrected chi connectivity index (χ4v) is 1.42. The zero-order chi connectivity index (χ0) is 13.6. The van der Waals surface area contributed by atoms with Crippen LogP contribution >= 0.6 is 0 Å². The number of rotatable bonds is 4. The van der Waals surface area contributed by atoms with E-state index in [1.54, 1.807) is 32.0 Å². The molecule has 1 aromatic rings. The van der Waals surface area contributed by atoms with Crippen LogP contribution in [-0.2, 0) is 11.3 Å². The van der Waals surface area contributed by atoms with E-state index in [1.165, 1.54) is 0 Å². The lowest BCUT2D eigenvalue weighted by Gasteiger charge is -2.18. The van der Waals surface area contributed by atoms with Gasteiger partial charge in [-0.1, -0.05) is 19.1 Å². The van der Waals surface area contributed by atoms with Crippen molar-refractivity contribution in [1.29, 1.82) is 10.5 Å². The van der Waals surface area contributed by atoms with Crippen molar-refractivity contribution in [1.82, 2.24) is 5.32 Å². The molecule has 1 aromatic carbocycles. The molecule has 92 valence electrons. The SMILES string of the molecule is CCC(C)(C#N)C(=O)NCc1cccc(C#N)c1. The molecule has 1 rings (SSSR count). The third-order valence-electron chi connectivity index (χ3n) is 2.96. The van der Waals surface area contributed by atoms with E-state index in [-0.39, 0.29) is 5.91 Å². The van der Waals surface area contributed by atoms with Crippen molar-refractivity contribution >= 4 is 5.91 Å². The fraction of sp³-hybridized carbons (Fsp3) is 0.357. The molecule has 18 heavy (non-hydrogen) atoms. The van der Waals surface area contributed by atoms with E-state index in [4.69, 9.17) is 10.5 Å². The highest BCUT2D eigenvalue weighted by molar-refractivity contribution is 5.84. The van der Waals surface area contributed by atoms with E-state index in [2.05, 4.69) is 5.32 Å². The van der Waals surface area contributed by atoms with Crippen LogP contribution in [0.5, 0.6) is 0 Å². The van der Waals surface area contributed by atoms with E-state index in [9.17, 15) is 4.79 Å². The molecule has 0 spiro atoms. The predicted octanol–water partition coefficient (Wildman–Crippen LogP) is 2.11. The monoisotopic (exact) mass is 241 g/mol. The van der Waals surface area contributed by atoms with Crippen LogP contribution in [0.15, 0.2) is 24.3 Å². The number of nitrogens with zero attached hydrogens (tertiary/aromatic N) is 2. The van der Waals surface area contributed by atoms with Gasteiger partial charge in [-0.05, 0) is 31.0 Å². The standard InChI is InChI=1S/C14H15N3O/c1-3-14(2,10-16)13(18)17-9-12-6-4-5-11(7-12)8-15/h4-7H,3,9H2,1-2H3,(H,17,18). The topological polar surface area (TPSA) is 76.7 Å². The number of nitrogens with one attached hydrogen (secondary N) is 1. The summed E-state index contributed by atoms with van der Waals surface area (Å²) in [4.78, 5) is 11.9. The van der Waals surface area contributed by atoms with Crippen LogP contribution in [0.1, 0.15) is 31.4 Å². The maximum Gasteiger partial charge on any atom is 0.240 e. The molecule has 0 saturated heterocycles. The highest BCUT2D eigenvalue weighted by Crippen LogP contribution is 2.19. The molecule has 0 aliphatic rings. The first-order valence-corrected chi connectivity index (χ1v) is 5.74. The molecule has 0 aromatic heterocycles. The summed E-state index contributed by atoms with van der Waals surface area (Å²) in [6, 6.07) is 11.1. The second kappa shape index (κ2) is 5.84. The molecule has 0 bridgehead atoms. The van der Waals surface area contributed by atoms with E-state index >= 15 is 0 Å². The molecule has 0 aliphatic carbocycles. The van der Waals surface area contributed by atoms with Crippen molar-refractivity contribution in [3.05, 3.63) is 35.4 Å². The Balaban J connectivity index is 2.69. The van der Waals surface area contributed by atoms with Gasteiger partial charge in [-0.3, -0.25) is 4.79 Å². The first kappa shape index (κ1) is 13.7. The zero-order valence-electron chi connectivity index (χ0n) is 10.5. The quantitative estimate of drug-likeness (QED) is 0.877. The Morgan fingerprint density at radius 2 is 2.17 bits per heavy atom. The van der Waals surface area contributed by atoms with Gasteiger partial charge in [-0.15, -0.1) is 0 Å². The molecule has 1 unspecified atom stereocenters. The molecule has 4 heteroatoms. The average Bonchev–Trinajstić information content (AvgIpc) is 2.43. The summed E-state index contributed by atoms with van der Waals surface area (Å²) < 4.78 is 0. The number of nitriles is 2. The third kappa shape index (κ3) is 3.09. The molecular weight excluding hydrogens is 226 g/mol. The van der Waals surface area contributed by atoms with Gasteiger partial charge < -0.3 is 5.32 Å². The lowest BCUT2D eigenvalue weighted by Crippen LogP contribution is -2.37. The summed E-state index contributed by atoms with van der Waals surface area (Å²) in [6.07, 6.45) is 0.466. The normalized spacial score (nSPS) is 12.9. The fourth-order valence-electron chi connectivity index (χ4n) is 1.42. The van der Waals surface area contributed by atoms with E-state index < -0.39 is 5.41 Å². The van der Waals surface area contributed by atoms with Crippen LogP contribution in [0.3, 0.4) is 0 Å². The molecule has 0 heterocycles. The Morgan fingerprint density at radius 1 is 1.44 bits per heavy atom. The summed E-state index contributed by atoms with van der Waals surface area (Å²) in [7, 11) is 0. The number of amides is 1. The Kier molecular flexibility index (Phi) is 4.45. The molecule has 1 atom stereocenters. The molecule has 4 nitrogen and oxygen atoms in total. The van der Waals surface area contributed by atoms with Crippen molar-refractivity contribution in [2.75, 3.05) is 0 Å². The van der Waals surface area contributed by atoms with Crippen LogP contribution in [0.25, 0.3) is 0 Å². The smallest absolute Gasteiger partial charge is 0.240 e. The van der Waals surface area contributed by atoms with Gasteiger partial charge in [0.2, 0.25) is 5.91 Å². The third-order valence-corrected chi connectivity index (χ3v) is 2.96. The molecule has 0 fully saturated rings. The lowest BCUT2D eigenvalue weighted by molar-refractivity contribution is -0.127. The minimum Gasteiger partial charge on any atom is -0.351 e. The van der Waals surface area contributed by atoms with Crippen LogP contribution in [0, 0.1) is 28.1 Å². The highest BCUT2D eigenvalue weighted by Gasteiger charge is 2.30. The summed E-state index contributed by atoms with van der Waals surface area (Å²) in [5.74, 6) is -0.283. The predicted molar refractivity (Wildman–Crippen MR) is 67.0 cm³/mol. The number of carbonyl (C=O) groups is 1. The zero-order valence-corrected chi connectivity index (χ0v) is 10.5. The highest BCUT2D eigenvalue weighted by atomic mass is 16.2. The van der Waals surface area contributed by atoms with Gasteiger partial charge in [0.1, 0.15) is 5.41 Å². The number of hydrogen-bond acceptors (Lipinski definition) is 3. The molecular formula is C14H15N3O. The van der Waals surface area contributed by atoms with Gasteiger partial charge in [0.25, 0.3) is 0 Å². The van der Waals surface area contributed by atoms with Crippen LogP contribution < -0.4 is 5.32 Å². The maximum atomic E-state index is 11.9. The van der Waals surface area contributed by atoms with Crippen LogP contribution in [-0.4, -0.2) is 5.91 Å². The van der Waals surface area contributed by atoms with E-state index in [1.807, 2.05) is 18.2 Å². The Morgan fingerprint density at radius 3 is 2.72 bits per heavy atom. The van der Waals surface area contributed by atoms with Gasteiger partial charge in [-0.2, -0.15) is 10.5 Å². The first-order chi connectivity index (χ1) is 8.55. The second-order valence-electron chi connectivity index (χ2n) is 4.29. The number of hydrogen-bond donors (Lipinski definition) is 1. The number of benzene rings is 1. The Bertz CT molecular complexity index is 525. The van der Waals surface area contributed by atoms with Gasteiger partial charge in [0.15, 0.2) is 0 Å². The van der Waals surface area contributed by atoms with Crippen molar-refractivity contribution in [3.8, 4) is 12.1 Å². The van der Waals surface area contributed by atoms with Crippen molar-refractivity contribution in [2.45, 2.75) is 26.8 Å². The average molecular weight is 241 g/mol. The summed E-state index contributed by atoms with van der Waals surface area (Å²) >= 11 is 0. The van der Waals surface area contributed by atoms with Gasteiger partial charge >= 0.3 is 0 Å². The van der Waals surface area contributed by atoms with Crippen molar-refractivity contribution in [2.24, 2.45) is 5.41 Å². The van der Waals surface area contributed by atoms with Gasteiger partial charge in [0, 0.05) is 6.54 Å². The Hall–Kier alpha value is -2.33. The maximum absolute atomic E-state index is 11.9. The van der Waals surface area contributed by atoms with Gasteiger partial charge in [0.05, 0.1) is 17.7 Å². The molecule has 0 saturated carbocycles. The van der Waals surface area contributed by atoms with Gasteiger partial charge in [-0.25, -0.2) is 0 Å². The molecule has 0 aliphatic heterocycles. The van der Waals surface area contributed by atoms with E-state index in [0.717, 1.165) is 5.56 Å². The summed E-state index contributed by atoms with van der Waals surface area (Å²) in [6.45, 7) is 3.75. The molecule has 1 amide bonds. The van der Waals surface area contributed by atoms with E-state index in [0.29, 0.717) is 18.5 Å². The largest absolute Gasteiger partial charge is 0.351 e. The number of carbonyl (C=O) groups excluding carboxylic acids is 1. The summed E-state index contributed by atoms with van der Waals surface area (Å²) in [5.41, 5.74) is 0.409.